The molecule has 1 atom stereocenters. The summed E-state index contributed by atoms with van der Waals surface area (Å²) in [5.74, 6) is 0.170. The lowest BCUT2D eigenvalue weighted by Crippen LogP contribution is -2.54. The van der Waals surface area contributed by atoms with E-state index in [0.29, 0.717) is 32.8 Å². The van der Waals surface area contributed by atoms with Crippen LogP contribution in [0, 0.1) is 5.41 Å². The Morgan fingerprint density at radius 2 is 2.09 bits per heavy atom. The van der Waals surface area contributed by atoms with Gasteiger partial charge in [0, 0.05) is 32.0 Å². The monoisotopic (exact) mass is 366 g/mol. The van der Waals surface area contributed by atoms with Crippen molar-refractivity contribution in [2.75, 3.05) is 26.2 Å². The molecule has 2 rings (SSSR count). The van der Waals surface area contributed by atoms with Gasteiger partial charge in [0.15, 0.2) is 0 Å². The fourth-order valence-corrected chi connectivity index (χ4v) is 2.90. The predicted octanol–water partition coefficient (Wildman–Crippen LogP) is 1.72. The maximum Gasteiger partial charge on any atom is 0.230 e. The standard InChI is InChI=1S/C15H26N4O2.2ClH/c1-3-15(4-2,12-16)14(20)18-8-9-21-13(10-18)11-19-7-5-6-17-19;;/h5-7,13H,3-4,8-12,16H2,1-2H3;2*1H. The van der Waals surface area contributed by atoms with Crippen LogP contribution in [0.2, 0.25) is 0 Å². The third-order valence-electron chi connectivity index (χ3n) is 4.57. The number of amides is 1. The first-order valence-electron chi connectivity index (χ1n) is 7.73. The lowest BCUT2D eigenvalue weighted by molar-refractivity contribution is -0.150. The summed E-state index contributed by atoms with van der Waals surface area (Å²) in [6.45, 7) is 6.99. The zero-order valence-electron chi connectivity index (χ0n) is 13.8. The van der Waals surface area contributed by atoms with E-state index in [2.05, 4.69) is 5.10 Å². The Morgan fingerprint density at radius 3 is 2.61 bits per heavy atom. The molecule has 0 saturated carbocycles. The van der Waals surface area contributed by atoms with Crippen molar-refractivity contribution in [2.24, 2.45) is 11.1 Å². The number of ether oxygens (including phenoxy) is 1. The van der Waals surface area contributed by atoms with E-state index in [4.69, 9.17) is 10.5 Å². The van der Waals surface area contributed by atoms with Crippen LogP contribution in [0.15, 0.2) is 18.5 Å². The lowest BCUT2D eigenvalue weighted by atomic mass is 9.80. The van der Waals surface area contributed by atoms with E-state index in [1.54, 1.807) is 6.20 Å². The summed E-state index contributed by atoms with van der Waals surface area (Å²) in [5, 5.41) is 4.19. The van der Waals surface area contributed by atoms with Crippen molar-refractivity contribution in [3.8, 4) is 0 Å². The van der Waals surface area contributed by atoms with Crippen molar-refractivity contribution in [3.05, 3.63) is 18.5 Å². The number of rotatable bonds is 6. The van der Waals surface area contributed by atoms with E-state index < -0.39 is 5.41 Å². The van der Waals surface area contributed by atoms with Crippen LogP contribution in [0.4, 0.5) is 0 Å². The Balaban J connectivity index is 0.00000242. The van der Waals surface area contributed by atoms with Gasteiger partial charge in [-0.2, -0.15) is 5.10 Å². The van der Waals surface area contributed by atoms with Gasteiger partial charge in [0.25, 0.3) is 0 Å². The van der Waals surface area contributed by atoms with Crippen molar-refractivity contribution < 1.29 is 9.53 Å². The normalized spacial score (nSPS) is 18.0. The van der Waals surface area contributed by atoms with Crippen LogP contribution in [0.1, 0.15) is 26.7 Å². The summed E-state index contributed by atoms with van der Waals surface area (Å²) in [7, 11) is 0. The Labute approximate surface area is 150 Å². The smallest absolute Gasteiger partial charge is 0.230 e. The van der Waals surface area contributed by atoms with Crippen molar-refractivity contribution in [1.29, 1.82) is 0 Å². The van der Waals surface area contributed by atoms with E-state index in [1.165, 1.54) is 0 Å². The van der Waals surface area contributed by atoms with E-state index in [-0.39, 0.29) is 36.8 Å². The molecule has 0 aromatic carbocycles. The molecule has 1 aromatic heterocycles. The van der Waals surface area contributed by atoms with E-state index in [9.17, 15) is 4.79 Å². The van der Waals surface area contributed by atoms with Crippen LogP contribution in [-0.2, 0) is 16.1 Å². The van der Waals surface area contributed by atoms with Crippen molar-refractivity contribution in [3.63, 3.8) is 0 Å². The number of aromatic nitrogens is 2. The fourth-order valence-electron chi connectivity index (χ4n) is 2.90. The molecule has 134 valence electrons. The van der Waals surface area contributed by atoms with Crippen molar-refractivity contribution >= 4 is 30.7 Å². The van der Waals surface area contributed by atoms with E-state index >= 15 is 0 Å². The number of carbonyl (C=O) groups excluding carboxylic acids is 1. The van der Waals surface area contributed by atoms with Gasteiger partial charge in [-0.3, -0.25) is 9.48 Å². The second-order valence-electron chi connectivity index (χ2n) is 5.66. The zero-order chi connectivity index (χ0) is 15.3. The van der Waals surface area contributed by atoms with Crippen molar-refractivity contribution in [1.82, 2.24) is 14.7 Å². The highest BCUT2D eigenvalue weighted by Crippen LogP contribution is 2.28. The first-order chi connectivity index (χ1) is 10.1. The Kier molecular flexibility index (Phi) is 9.77. The molecule has 1 aromatic rings. The number of halogens is 2. The maximum atomic E-state index is 12.8. The first-order valence-corrected chi connectivity index (χ1v) is 7.73. The highest BCUT2D eigenvalue weighted by atomic mass is 35.5. The van der Waals surface area contributed by atoms with Crippen molar-refractivity contribution in [2.45, 2.75) is 39.3 Å². The third kappa shape index (κ3) is 5.08. The minimum Gasteiger partial charge on any atom is -0.373 e. The topological polar surface area (TPSA) is 73.4 Å². The Hall–Kier alpha value is -0.820. The molecule has 0 bridgehead atoms. The quantitative estimate of drug-likeness (QED) is 0.831. The SMILES string of the molecule is CCC(CC)(CN)C(=O)N1CCOC(Cn2cccn2)C1.Cl.Cl. The van der Waals surface area contributed by atoms with Gasteiger partial charge in [0.2, 0.25) is 5.91 Å². The molecule has 1 fully saturated rings. The zero-order valence-corrected chi connectivity index (χ0v) is 15.4. The molecule has 0 aliphatic carbocycles. The van der Waals surface area contributed by atoms with Crippen LogP contribution in [-0.4, -0.2) is 52.9 Å². The average molecular weight is 367 g/mol. The minimum atomic E-state index is -0.423. The summed E-state index contributed by atoms with van der Waals surface area (Å²) in [6, 6.07) is 1.89. The van der Waals surface area contributed by atoms with Crippen LogP contribution in [0.25, 0.3) is 0 Å². The third-order valence-corrected chi connectivity index (χ3v) is 4.57. The molecular formula is C15H28Cl2N4O2. The number of morpholine rings is 1. The summed E-state index contributed by atoms with van der Waals surface area (Å²) < 4.78 is 7.60. The van der Waals surface area contributed by atoms with Crippen LogP contribution < -0.4 is 5.73 Å². The molecule has 2 N–H and O–H groups in total. The van der Waals surface area contributed by atoms with Gasteiger partial charge < -0.3 is 15.4 Å². The van der Waals surface area contributed by atoms with Crippen LogP contribution >= 0.6 is 24.8 Å². The summed E-state index contributed by atoms with van der Waals surface area (Å²) in [5.41, 5.74) is 5.46. The molecular weight excluding hydrogens is 339 g/mol. The second kappa shape index (κ2) is 10.1. The van der Waals surface area contributed by atoms with Gasteiger partial charge >= 0.3 is 0 Å². The molecule has 1 unspecified atom stereocenters. The molecule has 6 nitrogen and oxygen atoms in total. The molecule has 2 heterocycles. The summed E-state index contributed by atoms with van der Waals surface area (Å²) in [6.07, 6.45) is 5.21. The predicted molar refractivity (Wildman–Crippen MR) is 95.1 cm³/mol. The number of hydrogen-bond acceptors (Lipinski definition) is 4. The molecule has 0 radical (unpaired) electrons. The number of nitrogens with two attached hydrogens (primary N) is 1. The molecule has 1 saturated heterocycles. The fraction of sp³-hybridized carbons (Fsp3) is 0.733. The molecule has 1 aliphatic heterocycles. The maximum absolute atomic E-state index is 12.8. The van der Waals surface area contributed by atoms with Gasteiger partial charge in [0.1, 0.15) is 0 Å². The van der Waals surface area contributed by atoms with Crippen LogP contribution in [0.5, 0.6) is 0 Å². The number of nitrogens with zero attached hydrogens (tertiary/aromatic N) is 3. The largest absolute Gasteiger partial charge is 0.373 e. The van der Waals surface area contributed by atoms with Gasteiger partial charge in [-0.05, 0) is 18.9 Å². The molecule has 1 aliphatic rings. The Bertz CT molecular complexity index is 444. The lowest BCUT2D eigenvalue weighted by Gasteiger charge is -2.39. The highest BCUT2D eigenvalue weighted by Gasteiger charge is 2.38. The highest BCUT2D eigenvalue weighted by molar-refractivity contribution is 5.85. The van der Waals surface area contributed by atoms with E-state index in [1.807, 2.05) is 35.7 Å². The second-order valence-corrected chi connectivity index (χ2v) is 5.66. The molecule has 0 spiro atoms. The summed E-state index contributed by atoms with van der Waals surface area (Å²) in [4.78, 5) is 14.7. The first kappa shape index (κ1) is 22.2. The van der Waals surface area contributed by atoms with E-state index in [0.717, 1.165) is 12.8 Å². The van der Waals surface area contributed by atoms with Gasteiger partial charge in [-0.1, -0.05) is 13.8 Å². The van der Waals surface area contributed by atoms with Gasteiger partial charge in [-0.15, -0.1) is 24.8 Å². The van der Waals surface area contributed by atoms with Gasteiger partial charge in [-0.25, -0.2) is 0 Å². The minimum absolute atomic E-state index is 0. The van der Waals surface area contributed by atoms with Crippen LogP contribution in [0.3, 0.4) is 0 Å². The number of hydrogen-bond donors (Lipinski definition) is 1. The summed E-state index contributed by atoms with van der Waals surface area (Å²) >= 11 is 0. The van der Waals surface area contributed by atoms with Gasteiger partial charge in [0.05, 0.1) is 24.7 Å². The molecule has 8 heteroatoms. The Morgan fingerprint density at radius 1 is 1.39 bits per heavy atom. The molecule has 23 heavy (non-hydrogen) atoms. The average Bonchev–Trinajstić information content (AvgIpc) is 3.02. The molecule has 1 amide bonds. The number of carbonyl (C=O) groups is 1.